The van der Waals surface area contributed by atoms with Gasteiger partial charge in [0.05, 0.1) is 0 Å². The highest BCUT2D eigenvalue weighted by Crippen LogP contribution is 2.22. The van der Waals surface area contributed by atoms with Crippen molar-refractivity contribution in [3.63, 3.8) is 0 Å². The molecule has 1 atom stereocenters. The van der Waals surface area contributed by atoms with Crippen LogP contribution in [0, 0.1) is 11.7 Å². The molecule has 1 unspecified atom stereocenters. The third-order valence-electron chi connectivity index (χ3n) is 2.87. The zero-order chi connectivity index (χ0) is 11.5. The monoisotopic (exact) mass is 285 g/mol. The molecule has 4 heteroatoms. The molecule has 2 rings (SSSR count). The Hall–Kier alpha value is -0.740. The molecule has 1 fully saturated rings. The fourth-order valence-corrected chi connectivity index (χ4v) is 2.37. The lowest BCUT2D eigenvalue weighted by Crippen LogP contribution is -2.38. The van der Waals surface area contributed by atoms with Gasteiger partial charge in [0.15, 0.2) is 0 Å². The van der Waals surface area contributed by atoms with Crippen molar-refractivity contribution >= 4 is 21.7 Å². The normalized spacial score (nSPS) is 21.1. The van der Waals surface area contributed by atoms with Crippen molar-refractivity contribution in [2.24, 2.45) is 5.92 Å². The maximum Gasteiger partial charge on any atom is 0.138 e. The molecule has 1 aliphatic heterocycles. The molecular weight excluding hydrogens is 273 g/mol. The molecule has 16 heavy (non-hydrogen) atoms. The van der Waals surface area contributed by atoms with E-state index in [2.05, 4.69) is 21.2 Å². The lowest BCUT2D eigenvalue weighted by atomic mass is 9.91. The highest BCUT2D eigenvalue weighted by Gasteiger charge is 2.22. The van der Waals surface area contributed by atoms with Crippen LogP contribution in [0.1, 0.15) is 12.0 Å². The van der Waals surface area contributed by atoms with E-state index < -0.39 is 0 Å². The van der Waals surface area contributed by atoms with Crippen molar-refractivity contribution in [2.45, 2.75) is 12.8 Å². The topological polar surface area (TPSA) is 29.1 Å². The Balaban J connectivity index is 2.13. The maximum atomic E-state index is 13.1. The Bertz CT molecular complexity index is 408. The largest absolute Gasteiger partial charge is 0.316 e. The number of rotatable bonds is 2. The number of carbonyl (C=O) groups excluding carboxylic acids is 1. The van der Waals surface area contributed by atoms with Gasteiger partial charge in [-0.05, 0) is 30.2 Å². The molecule has 0 aromatic heterocycles. The Labute approximate surface area is 102 Å². The molecular formula is C12H13BrFNO. The molecule has 1 saturated heterocycles. The summed E-state index contributed by atoms with van der Waals surface area (Å²) in [6, 6.07) is 4.59. The van der Waals surface area contributed by atoms with Crippen LogP contribution in [0.3, 0.4) is 0 Å². The van der Waals surface area contributed by atoms with Crippen LogP contribution in [0.25, 0.3) is 0 Å². The van der Waals surface area contributed by atoms with Gasteiger partial charge in [-0.2, -0.15) is 0 Å². The molecule has 1 heterocycles. The Morgan fingerprint density at radius 3 is 3.06 bits per heavy atom. The minimum absolute atomic E-state index is 0.0214. The summed E-state index contributed by atoms with van der Waals surface area (Å²) in [5.41, 5.74) is 0.863. The molecule has 1 N–H and O–H groups in total. The van der Waals surface area contributed by atoms with Crippen LogP contribution >= 0.6 is 15.9 Å². The lowest BCUT2D eigenvalue weighted by Gasteiger charge is -2.22. The number of halogens is 2. The molecule has 0 amide bonds. The van der Waals surface area contributed by atoms with Crippen LogP contribution in [0.4, 0.5) is 4.39 Å². The first-order valence-electron chi connectivity index (χ1n) is 5.34. The maximum absolute atomic E-state index is 13.1. The smallest absolute Gasteiger partial charge is 0.138 e. The standard InChI is InChI=1S/C12H13BrFNO/c13-11-2-1-10(14)6-8(11)5-9-7-15-4-3-12(9)16/h1-2,6,9,15H,3-5,7H2. The van der Waals surface area contributed by atoms with Crippen LogP contribution in [-0.2, 0) is 11.2 Å². The van der Waals surface area contributed by atoms with Gasteiger partial charge in [0.2, 0.25) is 0 Å². The summed E-state index contributed by atoms with van der Waals surface area (Å²) in [6.45, 7) is 1.46. The van der Waals surface area contributed by atoms with Gasteiger partial charge >= 0.3 is 0 Å². The van der Waals surface area contributed by atoms with Crippen LogP contribution in [0.2, 0.25) is 0 Å². The fraction of sp³-hybridized carbons (Fsp3) is 0.417. The molecule has 2 nitrogen and oxygen atoms in total. The van der Waals surface area contributed by atoms with E-state index in [9.17, 15) is 9.18 Å². The van der Waals surface area contributed by atoms with Gasteiger partial charge in [-0.3, -0.25) is 4.79 Å². The van der Waals surface area contributed by atoms with Crippen LogP contribution in [-0.4, -0.2) is 18.9 Å². The third-order valence-corrected chi connectivity index (χ3v) is 3.64. The van der Waals surface area contributed by atoms with Gasteiger partial charge in [-0.15, -0.1) is 0 Å². The summed E-state index contributed by atoms with van der Waals surface area (Å²) >= 11 is 3.38. The summed E-state index contributed by atoms with van der Waals surface area (Å²) in [5.74, 6) is -0.00354. The number of nitrogens with one attached hydrogen (secondary N) is 1. The second kappa shape index (κ2) is 5.06. The fourth-order valence-electron chi connectivity index (χ4n) is 1.96. The van der Waals surface area contributed by atoms with E-state index in [1.807, 2.05) is 0 Å². The third kappa shape index (κ3) is 2.68. The van der Waals surface area contributed by atoms with Crippen molar-refractivity contribution in [2.75, 3.05) is 13.1 Å². The summed E-state index contributed by atoms with van der Waals surface area (Å²) < 4.78 is 13.9. The molecule has 0 bridgehead atoms. The summed E-state index contributed by atoms with van der Waals surface area (Å²) in [5, 5.41) is 3.19. The summed E-state index contributed by atoms with van der Waals surface area (Å²) in [4.78, 5) is 11.6. The predicted octanol–water partition coefficient (Wildman–Crippen LogP) is 2.31. The highest BCUT2D eigenvalue weighted by atomic mass is 79.9. The van der Waals surface area contributed by atoms with Crippen molar-refractivity contribution < 1.29 is 9.18 Å². The van der Waals surface area contributed by atoms with E-state index in [0.29, 0.717) is 19.4 Å². The molecule has 1 aromatic rings. The number of piperidine rings is 1. The van der Waals surface area contributed by atoms with E-state index in [-0.39, 0.29) is 17.5 Å². The number of ketones is 1. The van der Waals surface area contributed by atoms with Gasteiger partial charge in [-0.25, -0.2) is 4.39 Å². The van der Waals surface area contributed by atoms with Crippen molar-refractivity contribution in [3.05, 3.63) is 34.1 Å². The molecule has 0 radical (unpaired) electrons. The SMILES string of the molecule is O=C1CCNCC1Cc1cc(F)ccc1Br. The first-order valence-corrected chi connectivity index (χ1v) is 6.13. The molecule has 1 aromatic carbocycles. The number of benzene rings is 1. The van der Waals surface area contributed by atoms with Gasteiger partial charge in [-0.1, -0.05) is 15.9 Å². The number of carbonyl (C=O) groups is 1. The molecule has 0 aliphatic carbocycles. The van der Waals surface area contributed by atoms with Crippen molar-refractivity contribution in [1.82, 2.24) is 5.32 Å². The first kappa shape index (κ1) is 11.7. The zero-order valence-electron chi connectivity index (χ0n) is 8.80. The number of hydrogen-bond acceptors (Lipinski definition) is 2. The average molecular weight is 286 g/mol. The molecule has 86 valence electrons. The van der Waals surface area contributed by atoms with Gasteiger partial charge < -0.3 is 5.32 Å². The second-order valence-electron chi connectivity index (χ2n) is 4.06. The van der Waals surface area contributed by atoms with Crippen molar-refractivity contribution in [3.8, 4) is 0 Å². The average Bonchev–Trinajstić information content (AvgIpc) is 2.27. The van der Waals surface area contributed by atoms with Crippen LogP contribution < -0.4 is 5.32 Å². The lowest BCUT2D eigenvalue weighted by molar-refractivity contribution is -0.123. The predicted molar refractivity (Wildman–Crippen MR) is 63.8 cm³/mol. The molecule has 0 saturated carbocycles. The van der Waals surface area contributed by atoms with Gasteiger partial charge in [0.25, 0.3) is 0 Å². The van der Waals surface area contributed by atoms with Gasteiger partial charge in [0.1, 0.15) is 11.6 Å². The van der Waals surface area contributed by atoms with Crippen LogP contribution in [0.5, 0.6) is 0 Å². The quantitative estimate of drug-likeness (QED) is 0.904. The molecule has 0 spiro atoms. The first-order chi connectivity index (χ1) is 7.66. The highest BCUT2D eigenvalue weighted by molar-refractivity contribution is 9.10. The minimum Gasteiger partial charge on any atom is -0.316 e. The summed E-state index contributed by atoms with van der Waals surface area (Å²) in [6.07, 6.45) is 1.18. The van der Waals surface area contributed by atoms with Gasteiger partial charge in [0, 0.05) is 29.9 Å². The Kier molecular flexibility index (Phi) is 3.71. The minimum atomic E-state index is -0.255. The van der Waals surface area contributed by atoms with E-state index in [1.165, 1.54) is 12.1 Å². The number of hydrogen-bond donors (Lipinski definition) is 1. The zero-order valence-corrected chi connectivity index (χ0v) is 10.4. The van der Waals surface area contributed by atoms with Crippen LogP contribution in [0.15, 0.2) is 22.7 Å². The molecule has 1 aliphatic rings. The van der Waals surface area contributed by atoms with Crippen molar-refractivity contribution in [1.29, 1.82) is 0 Å². The Morgan fingerprint density at radius 2 is 2.31 bits per heavy atom. The summed E-state index contributed by atoms with van der Waals surface area (Å²) in [7, 11) is 0. The van der Waals surface area contributed by atoms with E-state index >= 15 is 0 Å². The number of Topliss-reactive ketones (excluding diaryl/α,β-unsaturated/α-hetero) is 1. The van der Waals surface area contributed by atoms with E-state index in [1.54, 1.807) is 6.07 Å². The van der Waals surface area contributed by atoms with E-state index in [4.69, 9.17) is 0 Å². The second-order valence-corrected chi connectivity index (χ2v) is 4.91. The Morgan fingerprint density at radius 1 is 1.50 bits per heavy atom. The van der Waals surface area contributed by atoms with E-state index in [0.717, 1.165) is 16.6 Å².